The lowest BCUT2D eigenvalue weighted by atomic mass is 10.0. The molecule has 1 aliphatic rings. The number of rotatable bonds is 8. The van der Waals surface area contributed by atoms with E-state index in [2.05, 4.69) is 20.9 Å². The number of likely N-dealkylation sites (tertiary alicyclic amines) is 1. The van der Waals surface area contributed by atoms with Gasteiger partial charge in [0.15, 0.2) is 0 Å². The standard InChI is InChI=1S/C19H27F3N4O2/c1-2-8-23-18(28)13-26-9-6-15(7-10-26)25-17(27)12-24-16-5-3-4-14(11-16)19(20,21)22/h3-5,11,15,24H,2,6-10,12-13H2,1H3,(H,23,28)(H,25,27). The lowest BCUT2D eigenvalue weighted by molar-refractivity contribution is -0.137. The van der Waals surface area contributed by atoms with Gasteiger partial charge in [-0.2, -0.15) is 13.2 Å². The maximum atomic E-state index is 12.7. The maximum absolute atomic E-state index is 12.7. The van der Waals surface area contributed by atoms with E-state index in [1.54, 1.807) is 0 Å². The zero-order chi connectivity index (χ0) is 20.6. The summed E-state index contributed by atoms with van der Waals surface area (Å²) in [5.41, 5.74) is -0.508. The molecule has 1 saturated heterocycles. The highest BCUT2D eigenvalue weighted by atomic mass is 19.4. The van der Waals surface area contributed by atoms with E-state index in [1.165, 1.54) is 12.1 Å². The number of piperidine rings is 1. The van der Waals surface area contributed by atoms with Crippen molar-refractivity contribution in [3.05, 3.63) is 29.8 Å². The van der Waals surface area contributed by atoms with Crippen LogP contribution >= 0.6 is 0 Å². The van der Waals surface area contributed by atoms with Gasteiger partial charge in [0.05, 0.1) is 18.7 Å². The summed E-state index contributed by atoms with van der Waals surface area (Å²) < 4.78 is 38.1. The van der Waals surface area contributed by atoms with E-state index in [4.69, 9.17) is 0 Å². The molecule has 1 aromatic carbocycles. The molecule has 1 fully saturated rings. The SMILES string of the molecule is CCCNC(=O)CN1CCC(NC(=O)CNc2cccc(C(F)(F)F)c2)CC1. The first-order valence-electron chi connectivity index (χ1n) is 9.47. The Balaban J connectivity index is 1.70. The summed E-state index contributed by atoms with van der Waals surface area (Å²) in [6.07, 6.45) is -2.05. The van der Waals surface area contributed by atoms with Gasteiger partial charge in [-0.3, -0.25) is 14.5 Å². The van der Waals surface area contributed by atoms with E-state index in [1.807, 2.05) is 6.92 Å². The summed E-state index contributed by atoms with van der Waals surface area (Å²) in [6.45, 7) is 4.36. The minimum atomic E-state index is -4.42. The van der Waals surface area contributed by atoms with Gasteiger partial charge >= 0.3 is 6.18 Å². The van der Waals surface area contributed by atoms with Gasteiger partial charge < -0.3 is 16.0 Å². The monoisotopic (exact) mass is 400 g/mol. The molecule has 0 aliphatic carbocycles. The fraction of sp³-hybridized carbons (Fsp3) is 0.579. The Morgan fingerprint density at radius 3 is 2.54 bits per heavy atom. The fourth-order valence-electron chi connectivity index (χ4n) is 3.03. The molecule has 0 spiro atoms. The number of carbonyl (C=O) groups excluding carboxylic acids is 2. The number of anilines is 1. The second-order valence-corrected chi connectivity index (χ2v) is 6.90. The molecule has 0 aromatic heterocycles. The van der Waals surface area contributed by atoms with Crippen LogP contribution in [0, 0.1) is 0 Å². The van der Waals surface area contributed by atoms with E-state index < -0.39 is 11.7 Å². The number of alkyl halides is 3. The summed E-state index contributed by atoms with van der Waals surface area (Å²) in [7, 11) is 0. The molecule has 0 atom stereocenters. The van der Waals surface area contributed by atoms with Crippen LogP contribution in [0.25, 0.3) is 0 Å². The lowest BCUT2D eigenvalue weighted by Crippen LogP contribution is -2.48. The Bertz CT molecular complexity index is 659. The van der Waals surface area contributed by atoms with Crippen LogP contribution in [-0.2, 0) is 15.8 Å². The molecule has 9 heteroatoms. The Kier molecular flexibility index (Phi) is 8.10. The van der Waals surface area contributed by atoms with E-state index in [0.717, 1.165) is 31.4 Å². The molecule has 1 aliphatic heterocycles. The van der Waals surface area contributed by atoms with Crippen molar-refractivity contribution in [3.8, 4) is 0 Å². The van der Waals surface area contributed by atoms with Crippen molar-refractivity contribution in [2.75, 3.05) is 38.0 Å². The molecule has 2 rings (SSSR count). The van der Waals surface area contributed by atoms with Gasteiger partial charge in [-0.25, -0.2) is 0 Å². The normalized spacial score (nSPS) is 15.9. The molecule has 0 saturated carbocycles. The summed E-state index contributed by atoms with van der Waals surface area (Å²) >= 11 is 0. The highest BCUT2D eigenvalue weighted by Gasteiger charge is 2.30. The number of halogens is 3. The number of benzene rings is 1. The number of amides is 2. The number of nitrogens with zero attached hydrogens (tertiary/aromatic N) is 1. The molecule has 156 valence electrons. The molecule has 0 bridgehead atoms. The van der Waals surface area contributed by atoms with E-state index in [-0.39, 0.29) is 30.1 Å². The second kappa shape index (κ2) is 10.3. The minimum Gasteiger partial charge on any atom is -0.376 e. The van der Waals surface area contributed by atoms with Crippen LogP contribution in [0.4, 0.5) is 18.9 Å². The molecule has 28 heavy (non-hydrogen) atoms. The van der Waals surface area contributed by atoms with Crippen molar-refractivity contribution in [1.29, 1.82) is 0 Å². The van der Waals surface area contributed by atoms with Gasteiger partial charge in [0.2, 0.25) is 11.8 Å². The van der Waals surface area contributed by atoms with Crippen LogP contribution in [0.5, 0.6) is 0 Å². The molecule has 0 unspecified atom stereocenters. The highest BCUT2D eigenvalue weighted by Crippen LogP contribution is 2.30. The van der Waals surface area contributed by atoms with Gasteiger partial charge in [0, 0.05) is 31.4 Å². The van der Waals surface area contributed by atoms with Gasteiger partial charge in [0.1, 0.15) is 0 Å². The first-order valence-corrected chi connectivity index (χ1v) is 9.47. The number of carbonyl (C=O) groups is 2. The smallest absolute Gasteiger partial charge is 0.376 e. The zero-order valence-electron chi connectivity index (χ0n) is 15.9. The minimum absolute atomic E-state index is 0.00534. The van der Waals surface area contributed by atoms with Crippen LogP contribution in [0.2, 0.25) is 0 Å². The summed E-state index contributed by atoms with van der Waals surface area (Å²) in [4.78, 5) is 25.9. The first-order chi connectivity index (χ1) is 13.3. The molecular weight excluding hydrogens is 373 g/mol. The van der Waals surface area contributed by atoms with Crippen molar-refractivity contribution < 1.29 is 22.8 Å². The van der Waals surface area contributed by atoms with E-state index in [9.17, 15) is 22.8 Å². The van der Waals surface area contributed by atoms with Gasteiger partial charge in [-0.05, 0) is 37.5 Å². The molecule has 6 nitrogen and oxygen atoms in total. The van der Waals surface area contributed by atoms with Crippen molar-refractivity contribution in [1.82, 2.24) is 15.5 Å². The largest absolute Gasteiger partial charge is 0.416 e. The Labute approximate surface area is 162 Å². The molecule has 1 heterocycles. The van der Waals surface area contributed by atoms with Crippen molar-refractivity contribution >= 4 is 17.5 Å². The van der Waals surface area contributed by atoms with Crippen LogP contribution < -0.4 is 16.0 Å². The summed E-state index contributed by atoms with van der Waals surface area (Å²) in [5.74, 6) is -0.258. The topological polar surface area (TPSA) is 73.5 Å². The van der Waals surface area contributed by atoms with Gasteiger partial charge in [0.25, 0.3) is 0 Å². The average Bonchev–Trinajstić information content (AvgIpc) is 2.66. The molecule has 1 aromatic rings. The predicted molar refractivity (Wildman–Crippen MR) is 101 cm³/mol. The van der Waals surface area contributed by atoms with E-state index >= 15 is 0 Å². The highest BCUT2D eigenvalue weighted by molar-refractivity contribution is 5.81. The number of hydrogen-bond acceptors (Lipinski definition) is 4. The third-order valence-corrected chi connectivity index (χ3v) is 4.54. The number of nitrogens with one attached hydrogen (secondary N) is 3. The Morgan fingerprint density at radius 2 is 1.89 bits per heavy atom. The van der Waals surface area contributed by atoms with Gasteiger partial charge in [-0.15, -0.1) is 0 Å². The third-order valence-electron chi connectivity index (χ3n) is 4.54. The predicted octanol–water partition coefficient (Wildman–Crippen LogP) is 2.22. The van der Waals surface area contributed by atoms with Gasteiger partial charge in [-0.1, -0.05) is 13.0 Å². The van der Waals surface area contributed by atoms with Crippen LogP contribution in [-0.4, -0.2) is 55.5 Å². The molecule has 0 radical (unpaired) electrons. The fourth-order valence-corrected chi connectivity index (χ4v) is 3.03. The second-order valence-electron chi connectivity index (χ2n) is 6.90. The molecule has 3 N–H and O–H groups in total. The van der Waals surface area contributed by atoms with Crippen molar-refractivity contribution in [3.63, 3.8) is 0 Å². The van der Waals surface area contributed by atoms with Crippen molar-refractivity contribution in [2.45, 2.75) is 38.4 Å². The van der Waals surface area contributed by atoms with E-state index in [0.29, 0.717) is 26.2 Å². The Hall–Kier alpha value is -2.29. The quantitative estimate of drug-likeness (QED) is 0.626. The van der Waals surface area contributed by atoms with Crippen molar-refractivity contribution in [2.24, 2.45) is 0 Å². The zero-order valence-corrected chi connectivity index (χ0v) is 15.9. The first kappa shape index (κ1) is 22.0. The summed E-state index contributed by atoms with van der Waals surface area (Å²) in [5, 5.41) is 8.46. The van der Waals surface area contributed by atoms with Crippen LogP contribution in [0.15, 0.2) is 24.3 Å². The lowest BCUT2D eigenvalue weighted by Gasteiger charge is -2.31. The Morgan fingerprint density at radius 1 is 1.18 bits per heavy atom. The average molecular weight is 400 g/mol. The maximum Gasteiger partial charge on any atom is 0.416 e. The third kappa shape index (κ3) is 7.38. The van der Waals surface area contributed by atoms with Crippen LogP contribution in [0.1, 0.15) is 31.7 Å². The molecule has 2 amide bonds. The summed E-state index contributed by atoms with van der Waals surface area (Å²) in [6, 6.07) is 4.77. The van der Waals surface area contributed by atoms with Crippen LogP contribution in [0.3, 0.4) is 0 Å². The number of hydrogen-bond donors (Lipinski definition) is 3. The molecular formula is C19H27F3N4O2.